The van der Waals surface area contributed by atoms with E-state index < -0.39 is 16.1 Å². The molecule has 0 saturated heterocycles. The van der Waals surface area contributed by atoms with Crippen molar-refractivity contribution in [1.82, 2.24) is 5.32 Å². The van der Waals surface area contributed by atoms with E-state index >= 15 is 0 Å². The Morgan fingerprint density at radius 1 is 1.26 bits per heavy atom. The van der Waals surface area contributed by atoms with E-state index in [1.54, 1.807) is 19.1 Å². The highest BCUT2D eigenvalue weighted by atomic mass is 32.2. The van der Waals surface area contributed by atoms with Gasteiger partial charge in [-0.15, -0.1) is 0 Å². The fourth-order valence-corrected chi connectivity index (χ4v) is 3.05. The zero-order chi connectivity index (χ0) is 14.8. The van der Waals surface area contributed by atoms with Crippen LogP contribution in [0.15, 0.2) is 18.2 Å². The van der Waals surface area contributed by atoms with Crippen molar-refractivity contribution < 1.29 is 13.2 Å². The van der Waals surface area contributed by atoms with Crippen LogP contribution in [0.5, 0.6) is 0 Å². The summed E-state index contributed by atoms with van der Waals surface area (Å²) in [6, 6.07) is 4.54. The molecule has 1 atom stereocenters. The first-order valence-electron chi connectivity index (χ1n) is 5.96. The number of aryl methyl sites for hydroxylation is 2. The molecule has 5 nitrogen and oxygen atoms in total. The number of benzene rings is 1. The summed E-state index contributed by atoms with van der Waals surface area (Å²) in [5, 5.41) is 2.47. The first-order valence-corrected chi connectivity index (χ1v) is 7.81. The average molecular weight is 284 g/mol. The van der Waals surface area contributed by atoms with E-state index in [0.29, 0.717) is 5.69 Å². The van der Waals surface area contributed by atoms with Gasteiger partial charge in [-0.25, -0.2) is 8.42 Å². The van der Waals surface area contributed by atoms with Gasteiger partial charge in [-0.3, -0.25) is 9.10 Å². The van der Waals surface area contributed by atoms with Gasteiger partial charge in [0.05, 0.1) is 11.9 Å². The molecule has 1 N–H and O–H groups in total. The lowest BCUT2D eigenvalue weighted by Crippen LogP contribution is -2.47. The molecule has 106 valence electrons. The van der Waals surface area contributed by atoms with Crippen molar-refractivity contribution in [3.05, 3.63) is 29.3 Å². The van der Waals surface area contributed by atoms with Crippen LogP contribution in [0, 0.1) is 13.8 Å². The van der Waals surface area contributed by atoms with Gasteiger partial charge in [0.25, 0.3) is 0 Å². The van der Waals surface area contributed by atoms with Gasteiger partial charge in [-0.05, 0) is 44.0 Å². The van der Waals surface area contributed by atoms with Gasteiger partial charge in [0.15, 0.2) is 0 Å². The number of carbonyl (C=O) groups excluding carboxylic acids is 1. The number of amides is 1. The van der Waals surface area contributed by atoms with Crippen molar-refractivity contribution in [2.75, 3.05) is 17.6 Å². The summed E-state index contributed by atoms with van der Waals surface area (Å²) in [5.74, 6) is -0.344. The average Bonchev–Trinajstić information content (AvgIpc) is 2.31. The third kappa shape index (κ3) is 3.47. The van der Waals surface area contributed by atoms with Crippen molar-refractivity contribution in [3.8, 4) is 0 Å². The minimum atomic E-state index is -3.53. The van der Waals surface area contributed by atoms with Gasteiger partial charge in [-0.2, -0.15) is 0 Å². The molecule has 0 radical (unpaired) electrons. The number of nitrogens with one attached hydrogen (secondary N) is 1. The summed E-state index contributed by atoms with van der Waals surface area (Å²) >= 11 is 0. The van der Waals surface area contributed by atoms with Crippen LogP contribution in [0.3, 0.4) is 0 Å². The number of hydrogen-bond donors (Lipinski definition) is 1. The Labute approximate surface area is 114 Å². The van der Waals surface area contributed by atoms with E-state index in [0.717, 1.165) is 21.7 Å². The fraction of sp³-hybridized carbons (Fsp3) is 0.462. The van der Waals surface area contributed by atoms with Crippen LogP contribution in [0.4, 0.5) is 5.69 Å². The zero-order valence-electron chi connectivity index (χ0n) is 11.9. The number of sulfonamides is 1. The van der Waals surface area contributed by atoms with E-state index in [2.05, 4.69) is 5.32 Å². The Morgan fingerprint density at radius 2 is 1.84 bits per heavy atom. The summed E-state index contributed by atoms with van der Waals surface area (Å²) in [7, 11) is -2.04. The van der Waals surface area contributed by atoms with Gasteiger partial charge >= 0.3 is 0 Å². The Kier molecular flexibility index (Phi) is 4.57. The molecule has 0 heterocycles. The summed E-state index contributed by atoms with van der Waals surface area (Å²) in [6.07, 6.45) is 1.10. The second kappa shape index (κ2) is 5.61. The van der Waals surface area contributed by atoms with Crippen LogP contribution in [-0.2, 0) is 14.8 Å². The molecule has 0 aliphatic heterocycles. The van der Waals surface area contributed by atoms with Crippen molar-refractivity contribution in [2.45, 2.75) is 26.8 Å². The highest BCUT2D eigenvalue weighted by molar-refractivity contribution is 7.92. The molecule has 0 bridgehead atoms. The van der Waals surface area contributed by atoms with Crippen molar-refractivity contribution in [3.63, 3.8) is 0 Å². The minimum absolute atomic E-state index is 0.344. The molecule has 1 aromatic rings. The number of likely N-dealkylation sites (N-methyl/N-ethyl adjacent to an activating group) is 1. The number of rotatable bonds is 4. The molecule has 0 aliphatic carbocycles. The SMILES string of the molecule is CNC(=O)[C@@H](C)N(c1ccc(C)c(C)c1)S(C)(=O)=O. The van der Waals surface area contributed by atoms with Gasteiger partial charge in [0.2, 0.25) is 15.9 Å². The number of nitrogens with zero attached hydrogens (tertiary/aromatic N) is 1. The lowest BCUT2D eigenvalue weighted by Gasteiger charge is -2.28. The van der Waals surface area contributed by atoms with Crippen molar-refractivity contribution >= 4 is 21.6 Å². The quantitative estimate of drug-likeness (QED) is 0.903. The van der Waals surface area contributed by atoms with E-state index in [9.17, 15) is 13.2 Å². The predicted molar refractivity (Wildman–Crippen MR) is 76.8 cm³/mol. The van der Waals surface area contributed by atoms with E-state index in [1.165, 1.54) is 7.05 Å². The van der Waals surface area contributed by atoms with Crippen molar-refractivity contribution in [2.24, 2.45) is 0 Å². The zero-order valence-corrected chi connectivity index (χ0v) is 12.7. The van der Waals surface area contributed by atoms with Gasteiger partial charge in [-0.1, -0.05) is 6.07 Å². The van der Waals surface area contributed by atoms with Crippen LogP contribution in [0.1, 0.15) is 18.1 Å². The molecule has 0 aromatic heterocycles. The van der Waals surface area contributed by atoms with Gasteiger partial charge in [0.1, 0.15) is 6.04 Å². The molecule has 1 rings (SSSR count). The molecule has 0 saturated carbocycles. The highest BCUT2D eigenvalue weighted by Crippen LogP contribution is 2.23. The first-order chi connectivity index (χ1) is 8.68. The maximum absolute atomic E-state index is 11.9. The number of hydrogen-bond acceptors (Lipinski definition) is 3. The molecule has 0 spiro atoms. The maximum Gasteiger partial charge on any atom is 0.243 e. The third-order valence-electron chi connectivity index (χ3n) is 3.08. The predicted octanol–water partition coefficient (Wildman–Crippen LogP) is 1.20. The second-order valence-electron chi connectivity index (χ2n) is 4.62. The second-order valence-corrected chi connectivity index (χ2v) is 6.48. The van der Waals surface area contributed by atoms with Crippen LogP contribution < -0.4 is 9.62 Å². The monoisotopic (exact) mass is 284 g/mol. The molecule has 0 unspecified atom stereocenters. The molecular weight excluding hydrogens is 264 g/mol. The number of carbonyl (C=O) groups is 1. The van der Waals surface area contributed by atoms with Gasteiger partial charge < -0.3 is 5.32 Å². The molecule has 0 aliphatic rings. The molecule has 1 amide bonds. The Bertz CT molecular complexity index is 582. The molecule has 0 fully saturated rings. The minimum Gasteiger partial charge on any atom is -0.357 e. The molecule has 1 aromatic carbocycles. The Hall–Kier alpha value is -1.56. The van der Waals surface area contributed by atoms with Gasteiger partial charge in [0, 0.05) is 7.05 Å². The fourth-order valence-electron chi connectivity index (χ4n) is 1.88. The van der Waals surface area contributed by atoms with Crippen LogP contribution >= 0.6 is 0 Å². The largest absolute Gasteiger partial charge is 0.357 e. The summed E-state index contributed by atoms with van der Waals surface area (Å²) in [6.45, 7) is 5.42. The lowest BCUT2D eigenvalue weighted by molar-refractivity contribution is -0.121. The topological polar surface area (TPSA) is 66.5 Å². The van der Waals surface area contributed by atoms with Crippen LogP contribution in [0.2, 0.25) is 0 Å². The molecular formula is C13H20N2O3S. The molecule has 6 heteroatoms. The van der Waals surface area contributed by atoms with Crippen LogP contribution in [0.25, 0.3) is 0 Å². The molecule has 19 heavy (non-hydrogen) atoms. The van der Waals surface area contributed by atoms with E-state index in [-0.39, 0.29) is 5.91 Å². The third-order valence-corrected chi connectivity index (χ3v) is 4.32. The highest BCUT2D eigenvalue weighted by Gasteiger charge is 2.28. The standard InChI is InChI=1S/C13H20N2O3S/c1-9-6-7-12(8-10(9)2)15(19(5,17)18)11(3)13(16)14-4/h6-8,11H,1-5H3,(H,14,16)/t11-/m1/s1. The van der Waals surface area contributed by atoms with E-state index in [1.807, 2.05) is 19.9 Å². The Morgan fingerprint density at radius 3 is 2.26 bits per heavy atom. The van der Waals surface area contributed by atoms with Crippen molar-refractivity contribution in [1.29, 1.82) is 0 Å². The summed E-state index contributed by atoms with van der Waals surface area (Å²) in [5.41, 5.74) is 2.56. The Balaban J connectivity index is 3.33. The summed E-state index contributed by atoms with van der Waals surface area (Å²) < 4.78 is 25.0. The lowest BCUT2D eigenvalue weighted by atomic mass is 10.1. The summed E-state index contributed by atoms with van der Waals surface area (Å²) in [4.78, 5) is 11.7. The maximum atomic E-state index is 11.9. The van der Waals surface area contributed by atoms with Crippen LogP contribution in [-0.4, -0.2) is 33.7 Å². The normalized spacial score (nSPS) is 12.9. The van der Waals surface area contributed by atoms with E-state index in [4.69, 9.17) is 0 Å². The smallest absolute Gasteiger partial charge is 0.243 e. The number of anilines is 1. The first kappa shape index (κ1) is 15.5.